The Hall–Kier alpha value is -0.610. The molecule has 3 aliphatic carbocycles. The van der Waals surface area contributed by atoms with Crippen LogP contribution in [0, 0.1) is 17.3 Å². The van der Waals surface area contributed by atoms with Gasteiger partial charge in [-0.2, -0.15) is 0 Å². The van der Waals surface area contributed by atoms with E-state index in [1.54, 1.807) is 6.92 Å². The lowest BCUT2D eigenvalue weighted by Crippen LogP contribution is -2.74. The molecule has 3 saturated carbocycles. The van der Waals surface area contributed by atoms with Crippen LogP contribution in [0.15, 0.2) is 0 Å². The second-order valence-electron chi connectivity index (χ2n) is 9.56. The number of nitrogens with one attached hydrogen (secondary N) is 2. The smallest absolute Gasteiger partial charge is 0.219 e. The average molecular weight is 336 g/mol. The van der Waals surface area contributed by atoms with Crippen LogP contribution in [0.25, 0.3) is 0 Å². The molecular formula is C20H37N3O. The van der Waals surface area contributed by atoms with Crippen LogP contribution in [0.3, 0.4) is 0 Å². The fourth-order valence-electron chi connectivity index (χ4n) is 5.59. The molecule has 4 aliphatic rings. The number of nitrogens with zero attached hydrogens (tertiary/aromatic N) is 1. The quantitative estimate of drug-likeness (QED) is 0.681. The van der Waals surface area contributed by atoms with Gasteiger partial charge in [0.05, 0.1) is 0 Å². The first-order chi connectivity index (χ1) is 11.3. The molecule has 138 valence electrons. The van der Waals surface area contributed by atoms with Gasteiger partial charge in [0.2, 0.25) is 5.91 Å². The Morgan fingerprint density at radius 1 is 1.21 bits per heavy atom. The van der Waals surface area contributed by atoms with Crippen molar-refractivity contribution < 1.29 is 4.79 Å². The summed E-state index contributed by atoms with van der Waals surface area (Å²) in [6.45, 7) is 12.9. The van der Waals surface area contributed by atoms with Crippen molar-refractivity contribution >= 4 is 5.91 Å². The van der Waals surface area contributed by atoms with Crippen molar-refractivity contribution in [3.05, 3.63) is 0 Å². The summed E-state index contributed by atoms with van der Waals surface area (Å²) < 4.78 is 0. The fourth-order valence-corrected chi connectivity index (χ4v) is 5.59. The molecule has 1 aliphatic heterocycles. The van der Waals surface area contributed by atoms with Gasteiger partial charge in [0.15, 0.2) is 0 Å². The van der Waals surface area contributed by atoms with Crippen molar-refractivity contribution in [2.24, 2.45) is 17.3 Å². The van der Waals surface area contributed by atoms with Crippen LogP contribution >= 0.6 is 0 Å². The Morgan fingerprint density at radius 3 is 2.54 bits per heavy atom. The standard InChI is InChI=1S/C20H37N3O/c1-15(2)9-22-20-12-19(13-20,14-20)8-16(3)10-21-11-18-6-5-7-23(18)17(4)24/h15-16,18,21-22H,5-14H2,1-4H3. The summed E-state index contributed by atoms with van der Waals surface area (Å²) in [6, 6.07) is 0.424. The number of hydrogen-bond acceptors (Lipinski definition) is 3. The molecule has 0 aromatic rings. The Kier molecular flexibility index (Phi) is 5.27. The van der Waals surface area contributed by atoms with E-state index in [1.807, 2.05) is 4.90 Å². The molecule has 2 N–H and O–H groups in total. The van der Waals surface area contributed by atoms with Gasteiger partial charge in [-0.1, -0.05) is 20.8 Å². The van der Waals surface area contributed by atoms with Crippen molar-refractivity contribution in [2.45, 2.75) is 77.8 Å². The maximum Gasteiger partial charge on any atom is 0.219 e. The molecule has 0 aromatic carbocycles. The predicted molar refractivity (Wildman–Crippen MR) is 98.9 cm³/mol. The SMILES string of the molecule is CC(=O)N1CCCC1CNCC(C)CC12CC(NCC(C)C)(C1)C2. The van der Waals surface area contributed by atoms with Crippen molar-refractivity contribution in [2.75, 3.05) is 26.2 Å². The molecule has 4 rings (SSSR count). The van der Waals surface area contributed by atoms with Crippen LogP contribution < -0.4 is 10.6 Å². The van der Waals surface area contributed by atoms with Crippen LogP contribution in [-0.4, -0.2) is 48.6 Å². The van der Waals surface area contributed by atoms with Gasteiger partial charge in [-0.05, 0) is 68.9 Å². The van der Waals surface area contributed by atoms with E-state index in [9.17, 15) is 4.79 Å². The molecule has 0 radical (unpaired) electrons. The van der Waals surface area contributed by atoms with E-state index in [4.69, 9.17) is 0 Å². The van der Waals surface area contributed by atoms with E-state index in [0.717, 1.165) is 44.3 Å². The van der Waals surface area contributed by atoms with E-state index in [0.29, 0.717) is 17.0 Å². The van der Waals surface area contributed by atoms with Crippen LogP contribution in [0.4, 0.5) is 0 Å². The van der Waals surface area contributed by atoms with Gasteiger partial charge < -0.3 is 15.5 Å². The summed E-state index contributed by atoms with van der Waals surface area (Å²) in [5.41, 5.74) is 1.17. The normalized spacial score (nSPS) is 35.7. The first kappa shape index (κ1) is 18.2. The number of carbonyl (C=O) groups is 1. The molecule has 1 saturated heterocycles. The van der Waals surface area contributed by atoms with E-state index in [1.165, 1.54) is 32.2 Å². The Bertz CT molecular complexity index is 442. The molecule has 24 heavy (non-hydrogen) atoms. The highest BCUT2D eigenvalue weighted by Crippen LogP contribution is 2.69. The van der Waals surface area contributed by atoms with Crippen LogP contribution in [0.2, 0.25) is 0 Å². The maximum atomic E-state index is 11.6. The molecule has 2 bridgehead atoms. The third kappa shape index (κ3) is 3.80. The maximum absolute atomic E-state index is 11.6. The molecule has 4 nitrogen and oxygen atoms in total. The molecule has 4 fully saturated rings. The highest BCUT2D eigenvalue weighted by atomic mass is 16.2. The van der Waals surface area contributed by atoms with Gasteiger partial charge in [0, 0.05) is 31.6 Å². The van der Waals surface area contributed by atoms with E-state index >= 15 is 0 Å². The molecule has 0 spiro atoms. The van der Waals surface area contributed by atoms with Gasteiger partial charge in [0.1, 0.15) is 0 Å². The number of likely N-dealkylation sites (tertiary alicyclic amines) is 1. The number of hydrogen-bond donors (Lipinski definition) is 2. The number of rotatable bonds is 9. The lowest BCUT2D eigenvalue weighted by Gasteiger charge is -2.72. The van der Waals surface area contributed by atoms with Crippen molar-refractivity contribution in [1.82, 2.24) is 15.5 Å². The minimum absolute atomic E-state index is 0.236. The zero-order chi connectivity index (χ0) is 17.4. The molecule has 4 heteroatoms. The second-order valence-corrected chi connectivity index (χ2v) is 9.56. The number of amides is 1. The molecule has 2 atom stereocenters. The van der Waals surface area contributed by atoms with Gasteiger partial charge in [-0.25, -0.2) is 0 Å². The first-order valence-corrected chi connectivity index (χ1v) is 10.1. The minimum Gasteiger partial charge on any atom is -0.339 e. The highest BCUT2D eigenvalue weighted by Gasteiger charge is 2.66. The van der Waals surface area contributed by atoms with E-state index in [2.05, 4.69) is 31.4 Å². The fraction of sp³-hybridized carbons (Fsp3) is 0.950. The van der Waals surface area contributed by atoms with Crippen LogP contribution in [0.5, 0.6) is 0 Å². The second kappa shape index (κ2) is 6.95. The summed E-state index contributed by atoms with van der Waals surface area (Å²) >= 11 is 0. The highest BCUT2D eigenvalue weighted by molar-refractivity contribution is 5.73. The lowest BCUT2D eigenvalue weighted by molar-refractivity contribution is -0.166. The molecular weight excluding hydrogens is 298 g/mol. The number of carbonyl (C=O) groups excluding carboxylic acids is 1. The summed E-state index contributed by atoms with van der Waals surface area (Å²) in [6.07, 6.45) is 7.89. The Morgan fingerprint density at radius 2 is 1.92 bits per heavy atom. The van der Waals surface area contributed by atoms with Crippen LogP contribution in [0.1, 0.15) is 66.2 Å². The summed E-state index contributed by atoms with van der Waals surface area (Å²) in [5, 5.41) is 7.44. The summed E-state index contributed by atoms with van der Waals surface area (Å²) in [7, 11) is 0. The average Bonchev–Trinajstić information content (AvgIpc) is 2.88. The Labute approximate surface area is 148 Å². The predicted octanol–water partition coefficient (Wildman–Crippen LogP) is 2.78. The van der Waals surface area contributed by atoms with Gasteiger partial charge >= 0.3 is 0 Å². The minimum atomic E-state index is 0.236. The zero-order valence-electron chi connectivity index (χ0n) is 16.2. The summed E-state index contributed by atoms with van der Waals surface area (Å²) in [4.78, 5) is 13.7. The van der Waals surface area contributed by atoms with Crippen LogP contribution in [-0.2, 0) is 4.79 Å². The largest absolute Gasteiger partial charge is 0.339 e. The third-order valence-electron chi connectivity index (χ3n) is 6.46. The molecule has 2 unspecified atom stereocenters. The summed E-state index contributed by atoms with van der Waals surface area (Å²) in [5.74, 6) is 1.73. The van der Waals surface area contributed by atoms with Gasteiger partial charge in [0.25, 0.3) is 0 Å². The van der Waals surface area contributed by atoms with Crippen molar-refractivity contribution in [3.63, 3.8) is 0 Å². The molecule has 0 aromatic heterocycles. The zero-order valence-corrected chi connectivity index (χ0v) is 16.2. The molecule has 1 amide bonds. The topological polar surface area (TPSA) is 44.4 Å². The van der Waals surface area contributed by atoms with E-state index < -0.39 is 0 Å². The van der Waals surface area contributed by atoms with Gasteiger partial charge in [-0.3, -0.25) is 4.79 Å². The monoisotopic (exact) mass is 335 g/mol. The first-order valence-electron chi connectivity index (χ1n) is 10.1. The molecule has 1 heterocycles. The third-order valence-corrected chi connectivity index (χ3v) is 6.46. The lowest BCUT2D eigenvalue weighted by atomic mass is 9.37. The van der Waals surface area contributed by atoms with Crippen molar-refractivity contribution in [3.8, 4) is 0 Å². The van der Waals surface area contributed by atoms with E-state index in [-0.39, 0.29) is 5.91 Å². The van der Waals surface area contributed by atoms with Gasteiger partial charge in [-0.15, -0.1) is 0 Å². The van der Waals surface area contributed by atoms with Crippen molar-refractivity contribution in [1.29, 1.82) is 0 Å². The Balaban J connectivity index is 1.31.